The molecule has 5 nitrogen and oxygen atoms in total. The van der Waals surface area contributed by atoms with Gasteiger partial charge in [0.05, 0.1) is 32.2 Å². The lowest BCUT2D eigenvalue weighted by Gasteiger charge is -2.30. The van der Waals surface area contributed by atoms with E-state index in [0.717, 1.165) is 22.2 Å². The molecule has 1 atom stereocenters. The Morgan fingerprint density at radius 2 is 2.36 bits per heavy atom. The summed E-state index contributed by atoms with van der Waals surface area (Å²) in [6, 6.07) is 7.61. The number of thiol groups is 1. The summed E-state index contributed by atoms with van der Waals surface area (Å²) in [6.45, 7) is 1.68. The molecule has 0 bridgehead atoms. The van der Waals surface area contributed by atoms with Gasteiger partial charge in [0.1, 0.15) is 11.2 Å². The normalized spacial score (nSPS) is 18.5. The zero-order valence-electron chi connectivity index (χ0n) is 12.4. The van der Waals surface area contributed by atoms with Crippen LogP contribution in [0.25, 0.3) is 10.9 Å². The number of pyridine rings is 1. The number of ether oxygens (including phenoxy) is 2. The molecule has 2 heterocycles. The SMILES string of the molecule is COc1ccc2c(CC(=O)N3CCOC(S)C3)ccnc2c1. The van der Waals surface area contributed by atoms with E-state index in [0.29, 0.717) is 26.1 Å². The molecule has 2 aromatic rings. The van der Waals surface area contributed by atoms with Crippen molar-refractivity contribution >= 4 is 29.4 Å². The fourth-order valence-corrected chi connectivity index (χ4v) is 2.90. The second-order valence-corrected chi connectivity index (χ2v) is 5.77. The van der Waals surface area contributed by atoms with Gasteiger partial charge >= 0.3 is 0 Å². The van der Waals surface area contributed by atoms with Gasteiger partial charge in [0.25, 0.3) is 0 Å². The third kappa shape index (κ3) is 3.18. The average Bonchev–Trinajstić information content (AvgIpc) is 2.54. The molecule has 6 heteroatoms. The summed E-state index contributed by atoms with van der Waals surface area (Å²) in [5.74, 6) is 0.847. The van der Waals surface area contributed by atoms with E-state index in [1.165, 1.54) is 0 Å². The first kappa shape index (κ1) is 15.1. The second kappa shape index (κ2) is 6.54. The van der Waals surface area contributed by atoms with E-state index in [-0.39, 0.29) is 11.3 Å². The molecule has 1 fully saturated rings. The van der Waals surface area contributed by atoms with Crippen molar-refractivity contribution in [1.29, 1.82) is 0 Å². The summed E-state index contributed by atoms with van der Waals surface area (Å²) < 4.78 is 10.6. The van der Waals surface area contributed by atoms with Crippen LogP contribution in [0.2, 0.25) is 0 Å². The summed E-state index contributed by atoms with van der Waals surface area (Å²) >= 11 is 4.28. The van der Waals surface area contributed by atoms with E-state index in [1.54, 1.807) is 18.2 Å². The molecule has 1 aliphatic heterocycles. The molecule has 1 aromatic heterocycles. The molecule has 1 saturated heterocycles. The minimum Gasteiger partial charge on any atom is -0.497 e. The maximum absolute atomic E-state index is 12.5. The minimum absolute atomic E-state index is 0.0886. The molecule has 1 amide bonds. The molecule has 22 heavy (non-hydrogen) atoms. The standard InChI is InChI=1S/C16H18N2O3S/c1-20-12-2-3-13-11(4-5-17-14(13)9-12)8-15(19)18-6-7-21-16(22)10-18/h2-5,9,16,22H,6-8,10H2,1H3. The summed E-state index contributed by atoms with van der Waals surface area (Å²) in [5, 5.41) is 0.979. The van der Waals surface area contributed by atoms with Crippen LogP contribution in [-0.4, -0.2) is 48.0 Å². The zero-order valence-corrected chi connectivity index (χ0v) is 13.3. The minimum atomic E-state index is -0.198. The van der Waals surface area contributed by atoms with Crippen molar-refractivity contribution in [1.82, 2.24) is 9.88 Å². The number of hydrogen-bond acceptors (Lipinski definition) is 5. The van der Waals surface area contributed by atoms with E-state index in [1.807, 2.05) is 24.3 Å². The Hall–Kier alpha value is -1.79. The zero-order chi connectivity index (χ0) is 15.5. The first-order valence-electron chi connectivity index (χ1n) is 7.16. The summed E-state index contributed by atoms with van der Waals surface area (Å²) in [6.07, 6.45) is 2.08. The van der Waals surface area contributed by atoms with E-state index in [9.17, 15) is 4.79 Å². The molecular weight excluding hydrogens is 300 g/mol. The van der Waals surface area contributed by atoms with Gasteiger partial charge in [-0.1, -0.05) is 0 Å². The molecule has 0 aliphatic carbocycles. The highest BCUT2D eigenvalue weighted by atomic mass is 32.1. The van der Waals surface area contributed by atoms with E-state index in [4.69, 9.17) is 9.47 Å². The van der Waals surface area contributed by atoms with Crippen molar-refractivity contribution < 1.29 is 14.3 Å². The molecule has 1 aromatic carbocycles. The van der Waals surface area contributed by atoms with Crippen LogP contribution in [0.5, 0.6) is 5.75 Å². The lowest BCUT2D eigenvalue weighted by molar-refractivity contribution is -0.135. The number of amides is 1. The molecular formula is C16H18N2O3S. The number of morpholine rings is 1. The smallest absolute Gasteiger partial charge is 0.227 e. The first-order valence-corrected chi connectivity index (χ1v) is 7.68. The van der Waals surface area contributed by atoms with Crippen molar-refractivity contribution in [2.24, 2.45) is 0 Å². The number of carbonyl (C=O) groups excluding carboxylic acids is 1. The molecule has 1 aliphatic rings. The Morgan fingerprint density at radius 3 is 3.14 bits per heavy atom. The van der Waals surface area contributed by atoms with Gasteiger partial charge in [0.2, 0.25) is 5.91 Å². The number of fused-ring (bicyclic) bond motifs is 1. The number of aromatic nitrogens is 1. The molecule has 0 N–H and O–H groups in total. The van der Waals surface area contributed by atoms with Crippen molar-refractivity contribution in [2.45, 2.75) is 11.9 Å². The van der Waals surface area contributed by atoms with Crippen molar-refractivity contribution in [3.63, 3.8) is 0 Å². The number of methoxy groups -OCH3 is 1. The fourth-order valence-electron chi connectivity index (χ4n) is 2.60. The van der Waals surface area contributed by atoms with Crippen LogP contribution in [0.3, 0.4) is 0 Å². The van der Waals surface area contributed by atoms with E-state index in [2.05, 4.69) is 17.6 Å². The lowest BCUT2D eigenvalue weighted by Crippen LogP contribution is -2.44. The summed E-state index contributed by atoms with van der Waals surface area (Å²) in [5.41, 5.74) is 1.61. The van der Waals surface area contributed by atoms with Gasteiger partial charge in [0, 0.05) is 24.2 Å². The monoisotopic (exact) mass is 318 g/mol. The predicted molar refractivity (Wildman–Crippen MR) is 87.3 cm³/mol. The van der Waals surface area contributed by atoms with Gasteiger partial charge in [0.15, 0.2) is 0 Å². The lowest BCUT2D eigenvalue weighted by atomic mass is 10.1. The van der Waals surface area contributed by atoms with E-state index >= 15 is 0 Å². The number of benzene rings is 1. The second-order valence-electron chi connectivity index (χ2n) is 5.20. The number of rotatable bonds is 3. The van der Waals surface area contributed by atoms with Crippen molar-refractivity contribution in [2.75, 3.05) is 26.8 Å². The van der Waals surface area contributed by atoms with Crippen LogP contribution >= 0.6 is 12.6 Å². The van der Waals surface area contributed by atoms with Crippen LogP contribution in [0.1, 0.15) is 5.56 Å². The van der Waals surface area contributed by atoms with Gasteiger partial charge in [-0.3, -0.25) is 9.78 Å². The summed E-state index contributed by atoms with van der Waals surface area (Å²) in [4.78, 5) is 18.6. The molecule has 116 valence electrons. The first-order chi connectivity index (χ1) is 10.7. The maximum Gasteiger partial charge on any atom is 0.227 e. The van der Waals surface area contributed by atoms with Crippen LogP contribution in [-0.2, 0) is 16.0 Å². The fraction of sp³-hybridized carbons (Fsp3) is 0.375. The van der Waals surface area contributed by atoms with E-state index < -0.39 is 0 Å². The van der Waals surface area contributed by atoms with Crippen molar-refractivity contribution in [3.8, 4) is 5.75 Å². The average molecular weight is 318 g/mol. The summed E-state index contributed by atoms with van der Waals surface area (Å²) in [7, 11) is 1.63. The van der Waals surface area contributed by atoms with Gasteiger partial charge in [-0.25, -0.2) is 0 Å². The largest absolute Gasteiger partial charge is 0.497 e. The Balaban J connectivity index is 1.82. The molecule has 3 rings (SSSR count). The molecule has 0 radical (unpaired) electrons. The van der Waals surface area contributed by atoms with Crippen molar-refractivity contribution in [3.05, 3.63) is 36.0 Å². The molecule has 1 unspecified atom stereocenters. The van der Waals surface area contributed by atoms with Crippen LogP contribution < -0.4 is 4.74 Å². The van der Waals surface area contributed by atoms with Gasteiger partial charge < -0.3 is 14.4 Å². The highest BCUT2D eigenvalue weighted by Gasteiger charge is 2.22. The highest BCUT2D eigenvalue weighted by Crippen LogP contribution is 2.23. The Labute approximate surface area is 134 Å². The maximum atomic E-state index is 12.5. The van der Waals surface area contributed by atoms with Crippen LogP contribution in [0.15, 0.2) is 30.5 Å². The molecule has 0 saturated carbocycles. The quantitative estimate of drug-likeness (QED) is 0.878. The van der Waals surface area contributed by atoms with Gasteiger partial charge in [-0.05, 0) is 23.8 Å². The molecule has 0 spiro atoms. The Kier molecular flexibility index (Phi) is 4.49. The van der Waals surface area contributed by atoms with Crippen LogP contribution in [0, 0.1) is 0 Å². The highest BCUT2D eigenvalue weighted by molar-refractivity contribution is 7.80. The third-order valence-electron chi connectivity index (χ3n) is 3.78. The number of carbonyl (C=O) groups is 1. The number of nitrogens with zero attached hydrogens (tertiary/aromatic N) is 2. The number of hydrogen-bond donors (Lipinski definition) is 1. The Bertz CT molecular complexity index is 692. The Morgan fingerprint density at radius 1 is 1.50 bits per heavy atom. The van der Waals surface area contributed by atoms with Crippen LogP contribution in [0.4, 0.5) is 0 Å². The predicted octanol–water partition coefficient (Wildman–Crippen LogP) is 1.90. The topological polar surface area (TPSA) is 51.7 Å². The van der Waals surface area contributed by atoms with Gasteiger partial charge in [-0.15, -0.1) is 12.6 Å². The van der Waals surface area contributed by atoms with Gasteiger partial charge in [-0.2, -0.15) is 0 Å². The third-order valence-corrected chi connectivity index (χ3v) is 4.09.